The van der Waals surface area contributed by atoms with Gasteiger partial charge in [0.2, 0.25) is 5.91 Å². The lowest BCUT2D eigenvalue weighted by Crippen LogP contribution is -2.43. The topological polar surface area (TPSA) is 119 Å². The lowest BCUT2D eigenvalue weighted by molar-refractivity contribution is -0.384. The van der Waals surface area contributed by atoms with Crippen LogP contribution in [0.25, 0.3) is 6.08 Å². The molecular weight excluding hydrogens is 280 g/mol. The molecule has 0 aliphatic carbocycles. The fourth-order valence-electron chi connectivity index (χ4n) is 1.48. The number of hydrogen-bond acceptors (Lipinski definition) is 5. The molecule has 1 rings (SSSR count). The molecule has 0 saturated carbocycles. The van der Waals surface area contributed by atoms with Crippen molar-refractivity contribution in [3.63, 3.8) is 0 Å². The van der Waals surface area contributed by atoms with Crippen LogP contribution in [0.15, 0.2) is 30.3 Å². The summed E-state index contributed by atoms with van der Waals surface area (Å²) in [6, 6.07) is 4.54. The Bertz CT molecular complexity index is 570. The first kappa shape index (κ1) is 16.3. The number of hydrogen-bond donors (Lipinski definition) is 2. The van der Waals surface area contributed by atoms with Gasteiger partial charge in [-0.05, 0) is 11.6 Å². The molecule has 1 amide bonds. The first-order valence-electron chi connectivity index (χ1n) is 5.89. The molecule has 0 aliphatic rings. The summed E-state index contributed by atoms with van der Waals surface area (Å²) in [5.74, 6) is -1.85. The van der Waals surface area contributed by atoms with Crippen LogP contribution in [0.3, 0.4) is 0 Å². The molecule has 2 N–H and O–H groups in total. The summed E-state index contributed by atoms with van der Waals surface area (Å²) in [5.41, 5.74) is 0.360. The molecule has 1 aromatic carbocycles. The number of carbonyl (C=O) groups is 2. The lowest BCUT2D eigenvalue weighted by atomic mass is 10.2. The number of non-ortho nitro benzene ring substituents is 1. The Kier molecular flexibility index (Phi) is 6.02. The largest absolute Gasteiger partial charge is 0.480 e. The third kappa shape index (κ3) is 5.41. The summed E-state index contributed by atoms with van der Waals surface area (Å²) in [5, 5.41) is 21.7. The minimum Gasteiger partial charge on any atom is -0.480 e. The van der Waals surface area contributed by atoms with Crippen molar-refractivity contribution < 1.29 is 24.4 Å². The van der Waals surface area contributed by atoms with E-state index in [-0.39, 0.29) is 12.3 Å². The number of nitro groups is 1. The molecule has 0 aliphatic heterocycles. The van der Waals surface area contributed by atoms with E-state index >= 15 is 0 Å². The van der Waals surface area contributed by atoms with E-state index in [4.69, 9.17) is 5.11 Å². The molecule has 0 spiro atoms. The van der Waals surface area contributed by atoms with Crippen molar-refractivity contribution in [1.82, 2.24) is 5.32 Å². The first-order valence-corrected chi connectivity index (χ1v) is 5.89. The predicted octanol–water partition coefficient (Wildman–Crippen LogP) is 0.824. The standard InChI is InChI=1S/C13H14N2O6/c1-21-8-11(13(17)18)14-12(16)6-5-9-3-2-4-10(7-9)15(19)20/h2-7,11H,8H2,1H3,(H,14,16)(H,17,18)/b6-5+. The molecule has 8 nitrogen and oxygen atoms in total. The van der Waals surface area contributed by atoms with Gasteiger partial charge in [0.25, 0.3) is 5.69 Å². The summed E-state index contributed by atoms with van der Waals surface area (Å²) in [4.78, 5) is 32.5. The summed E-state index contributed by atoms with van der Waals surface area (Å²) >= 11 is 0. The monoisotopic (exact) mass is 294 g/mol. The van der Waals surface area contributed by atoms with Gasteiger partial charge in [0.05, 0.1) is 11.5 Å². The van der Waals surface area contributed by atoms with E-state index in [9.17, 15) is 19.7 Å². The average molecular weight is 294 g/mol. The second-order valence-electron chi connectivity index (χ2n) is 4.04. The lowest BCUT2D eigenvalue weighted by Gasteiger charge is -2.11. The van der Waals surface area contributed by atoms with E-state index in [0.717, 1.165) is 6.08 Å². The van der Waals surface area contributed by atoms with Gasteiger partial charge in [-0.2, -0.15) is 0 Å². The molecule has 21 heavy (non-hydrogen) atoms. The van der Waals surface area contributed by atoms with E-state index in [1.807, 2.05) is 0 Å². The van der Waals surface area contributed by atoms with Crippen LogP contribution >= 0.6 is 0 Å². The zero-order valence-corrected chi connectivity index (χ0v) is 11.2. The first-order chi connectivity index (χ1) is 9.93. The van der Waals surface area contributed by atoms with E-state index in [2.05, 4.69) is 10.1 Å². The molecule has 0 fully saturated rings. The average Bonchev–Trinajstić information content (AvgIpc) is 2.45. The number of nitrogens with one attached hydrogen (secondary N) is 1. The van der Waals surface area contributed by atoms with Gasteiger partial charge in [0.15, 0.2) is 6.04 Å². The highest BCUT2D eigenvalue weighted by Crippen LogP contribution is 2.13. The molecule has 0 bridgehead atoms. The highest BCUT2D eigenvalue weighted by molar-refractivity contribution is 5.94. The van der Waals surface area contributed by atoms with Crippen molar-refractivity contribution >= 4 is 23.6 Å². The number of benzene rings is 1. The van der Waals surface area contributed by atoms with E-state index in [1.165, 1.54) is 31.4 Å². The molecule has 0 radical (unpaired) electrons. The van der Waals surface area contributed by atoms with Crippen molar-refractivity contribution in [3.05, 3.63) is 46.0 Å². The van der Waals surface area contributed by atoms with Gasteiger partial charge in [0, 0.05) is 25.3 Å². The summed E-state index contributed by atoms with van der Waals surface area (Å²) < 4.78 is 4.68. The zero-order chi connectivity index (χ0) is 15.8. The number of amides is 1. The van der Waals surface area contributed by atoms with Gasteiger partial charge < -0.3 is 15.2 Å². The quantitative estimate of drug-likeness (QED) is 0.436. The number of nitro benzene ring substituents is 1. The smallest absolute Gasteiger partial charge is 0.328 e. The summed E-state index contributed by atoms with van der Waals surface area (Å²) in [6.45, 7) is -0.161. The molecule has 112 valence electrons. The number of aliphatic carboxylic acids is 1. The van der Waals surface area contributed by atoms with Crippen LogP contribution in [-0.4, -0.2) is 41.7 Å². The molecular formula is C13H14N2O6. The van der Waals surface area contributed by atoms with Crippen LogP contribution in [0.1, 0.15) is 5.56 Å². The molecule has 0 heterocycles. The van der Waals surface area contributed by atoms with Crippen LogP contribution in [-0.2, 0) is 14.3 Å². The van der Waals surface area contributed by atoms with Gasteiger partial charge in [-0.3, -0.25) is 14.9 Å². The number of nitrogens with zero attached hydrogens (tertiary/aromatic N) is 1. The SMILES string of the molecule is COCC(NC(=O)/C=C/c1cccc([N+](=O)[O-])c1)C(=O)O. The van der Waals surface area contributed by atoms with Gasteiger partial charge >= 0.3 is 5.97 Å². The van der Waals surface area contributed by atoms with Crippen molar-refractivity contribution in [2.45, 2.75) is 6.04 Å². The number of carboxylic acids is 1. The molecule has 1 unspecified atom stereocenters. The van der Waals surface area contributed by atoms with Gasteiger partial charge in [-0.15, -0.1) is 0 Å². The van der Waals surface area contributed by atoms with Crippen molar-refractivity contribution in [3.8, 4) is 0 Å². The van der Waals surface area contributed by atoms with Crippen LogP contribution in [0.2, 0.25) is 0 Å². The number of rotatable bonds is 7. The summed E-state index contributed by atoms with van der Waals surface area (Å²) in [6.07, 6.45) is 2.46. The van der Waals surface area contributed by atoms with Crippen molar-refractivity contribution in [1.29, 1.82) is 0 Å². The Morgan fingerprint density at radius 2 is 2.24 bits per heavy atom. The number of methoxy groups -OCH3 is 1. The second kappa shape index (κ2) is 7.75. The zero-order valence-electron chi connectivity index (χ0n) is 11.2. The third-order valence-corrected chi connectivity index (χ3v) is 2.46. The highest BCUT2D eigenvalue weighted by Gasteiger charge is 2.18. The molecule has 0 saturated heterocycles. The normalized spacial score (nSPS) is 12.0. The Morgan fingerprint density at radius 1 is 1.52 bits per heavy atom. The molecule has 1 aromatic rings. The van der Waals surface area contributed by atoms with E-state index < -0.39 is 22.8 Å². The van der Waals surface area contributed by atoms with E-state index in [1.54, 1.807) is 6.07 Å². The molecule has 1 atom stereocenters. The van der Waals surface area contributed by atoms with Gasteiger partial charge in [-0.25, -0.2) is 4.79 Å². The maximum Gasteiger partial charge on any atom is 0.328 e. The Balaban J connectivity index is 2.71. The minimum atomic E-state index is -1.21. The number of carbonyl (C=O) groups excluding carboxylic acids is 1. The fraction of sp³-hybridized carbons (Fsp3) is 0.231. The Hall–Kier alpha value is -2.74. The number of ether oxygens (including phenoxy) is 1. The Morgan fingerprint density at radius 3 is 2.81 bits per heavy atom. The van der Waals surface area contributed by atoms with Gasteiger partial charge in [-0.1, -0.05) is 12.1 Å². The second-order valence-corrected chi connectivity index (χ2v) is 4.04. The molecule has 8 heteroatoms. The Labute approximate surface area is 120 Å². The molecule has 0 aromatic heterocycles. The van der Waals surface area contributed by atoms with E-state index in [0.29, 0.717) is 5.56 Å². The van der Waals surface area contributed by atoms with Gasteiger partial charge in [0.1, 0.15) is 0 Å². The third-order valence-electron chi connectivity index (χ3n) is 2.46. The van der Waals surface area contributed by atoms with Crippen molar-refractivity contribution in [2.75, 3.05) is 13.7 Å². The predicted molar refractivity (Wildman–Crippen MR) is 73.6 cm³/mol. The highest BCUT2D eigenvalue weighted by atomic mass is 16.6. The van der Waals surface area contributed by atoms with Crippen LogP contribution < -0.4 is 5.32 Å². The van der Waals surface area contributed by atoms with Crippen molar-refractivity contribution in [2.24, 2.45) is 0 Å². The maximum absolute atomic E-state index is 11.6. The van der Waals surface area contributed by atoms with Crippen LogP contribution in [0.5, 0.6) is 0 Å². The minimum absolute atomic E-state index is 0.0969. The van der Waals surface area contributed by atoms with Crippen LogP contribution in [0, 0.1) is 10.1 Å². The van der Waals surface area contributed by atoms with Crippen LogP contribution in [0.4, 0.5) is 5.69 Å². The fourth-order valence-corrected chi connectivity index (χ4v) is 1.48. The number of carboxylic acid groups (broad SMARTS) is 1. The maximum atomic E-state index is 11.6. The summed E-state index contributed by atoms with van der Waals surface area (Å²) in [7, 11) is 1.32.